The average molecular weight is 384 g/mol. The molecular weight excluding hydrogens is 345 g/mol. The first-order valence-corrected chi connectivity index (χ1v) is 12.5. The number of rotatable bonds is 8. The maximum Gasteiger partial charge on any atom is 0.192 e. The molecule has 0 spiro atoms. The molecule has 3 nitrogen and oxygen atoms in total. The summed E-state index contributed by atoms with van der Waals surface area (Å²) in [5.74, 6) is -0.243. The molecule has 0 saturated heterocycles. The van der Waals surface area contributed by atoms with Crippen LogP contribution >= 0.6 is 0 Å². The van der Waals surface area contributed by atoms with Crippen LogP contribution in [-0.4, -0.2) is 32.2 Å². The Morgan fingerprint density at radius 1 is 1.04 bits per heavy atom. The van der Waals surface area contributed by atoms with Gasteiger partial charge < -0.3 is 14.8 Å². The number of benzene rings is 1. The molecule has 0 heterocycles. The molecule has 150 valence electrons. The molecule has 1 aromatic carbocycles. The van der Waals surface area contributed by atoms with Crippen LogP contribution < -0.4 is 5.32 Å². The molecule has 0 bridgehead atoms. The first-order chi connectivity index (χ1) is 11.7. The number of anilines is 1. The summed E-state index contributed by atoms with van der Waals surface area (Å²) >= 11 is 0. The van der Waals surface area contributed by atoms with Crippen molar-refractivity contribution in [2.45, 2.75) is 84.7 Å². The molecule has 0 aliphatic heterocycles. The first kappa shape index (κ1) is 23.1. The predicted octanol–water partition coefficient (Wildman–Crippen LogP) is 5.82. The van der Waals surface area contributed by atoms with E-state index in [1.165, 1.54) is 12.1 Å². The fourth-order valence-corrected chi connectivity index (χ4v) is 3.35. The fourth-order valence-electron chi connectivity index (χ4n) is 2.30. The van der Waals surface area contributed by atoms with Crippen LogP contribution in [0.25, 0.3) is 0 Å². The van der Waals surface area contributed by atoms with Crippen molar-refractivity contribution in [2.24, 2.45) is 5.41 Å². The molecule has 5 heteroatoms. The summed E-state index contributed by atoms with van der Waals surface area (Å²) in [5, 5.41) is 14.0. The number of hydrogen-bond donors (Lipinski definition) is 2. The van der Waals surface area contributed by atoms with Gasteiger partial charge in [-0.25, -0.2) is 4.39 Å². The molecule has 0 aliphatic rings. The van der Waals surface area contributed by atoms with E-state index in [-0.39, 0.29) is 28.4 Å². The lowest BCUT2D eigenvalue weighted by Crippen LogP contribution is -2.44. The molecule has 1 rings (SSSR count). The third-order valence-electron chi connectivity index (χ3n) is 5.45. The molecule has 2 atom stereocenters. The summed E-state index contributed by atoms with van der Waals surface area (Å²) in [7, 11) is -1.85. The predicted molar refractivity (Wildman–Crippen MR) is 112 cm³/mol. The largest absolute Gasteiger partial charge is 0.415 e. The van der Waals surface area contributed by atoms with E-state index in [0.29, 0.717) is 13.0 Å². The van der Waals surface area contributed by atoms with E-state index < -0.39 is 8.32 Å². The summed E-state index contributed by atoms with van der Waals surface area (Å²) in [6.07, 6.45) is 1.13. The van der Waals surface area contributed by atoms with Crippen LogP contribution in [0.5, 0.6) is 0 Å². The van der Waals surface area contributed by atoms with Crippen molar-refractivity contribution in [3.8, 4) is 0 Å². The van der Waals surface area contributed by atoms with Gasteiger partial charge in [0.1, 0.15) is 5.82 Å². The molecule has 1 unspecified atom stereocenters. The topological polar surface area (TPSA) is 41.5 Å². The van der Waals surface area contributed by atoms with Gasteiger partial charge in [-0.3, -0.25) is 0 Å². The summed E-state index contributed by atoms with van der Waals surface area (Å²) in [4.78, 5) is 0. The van der Waals surface area contributed by atoms with Crippen LogP contribution in [0.4, 0.5) is 10.1 Å². The second-order valence-electron chi connectivity index (χ2n) is 9.88. The van der Waals surface area contributed by atoms with Gasteiger partial charge in [-0.1, -0.05) is 41.5 Å². The zero-order valence-electron chi connectivity index (χ0n) is 17.8. The lowest BCUT2D eigenvalue weighted by molar-refractivity contribution is 0.0515. The van der Waals surface area contributed by atoms with Gasteiger partial charge in [0, 0.05) is 11.7 Å². The van der Waals surface area contributed by atoms with E-state index in [0.717, 1.165) is 12.1 Å². The maximum absolute atomic E-state index is 13.2. The van der Waals surface area contributed by atoms with Crippen molar-refractivity contribution < 1.29 is 13.9 Å². The van der Waals surface area contributed by atoms with E-state index in [9.17, 15) is 9.50 Å². The van der Waals surface area contributed by atoms with Gasteiger partial charge in [0.15, 0.2) is 8.32 Å². The number of nitrogens with one attached hydrogen (secondary N) is 1. The summed E-state index contributed by atoms with van der Waals surface area (Å²) in [5.41, 5.74) is 0.737. The SMILES string of the molecule is CC(C)(C)C(O)CC[C@@H](CO[Si](C)(C)C(C)(C)C)Nc1ccc(F)cc1. The molecule has 0 aromatic heterocycles. The Morgan fingerprint density at radius 2 is 1.58 bits per heavy atom. The second-order valence-corrected chi connectivity index (χ2v) is 14.7. The monoisotopic (exact) mass is 383 g/mol. The second kappa shape index (κ2) is 8.85. The summed E-state index contributed by atoms with van der Waals surface area (Å²) in [6.45, 7) is 17.9. The Balaban J connectivity index is 2.79. The van der Waals surface area contributed by atoms with E-state index in [1.807, 2.05) is 20.8 Å². The minimum Gasteiger partial charge on any atom is -0.415 e. The Labute approximate surface area is 160 Å². The highest BCUT2D eigenvalue weighted by Crippen LogP contribution is 2.36. The van der Waals surface area contributed by atoms with Crippen molar-refractivity contribution in [1.29, 1.82) is 0 Å². The molecule has 0 radical (unpaired) electrons. The van der Waals surface area contributed by atoms with Gasteiger partial charge in [-0.15, -0.1) is 0 Å². The zero-order valence-corrected chi connectivity index (χ0v) is 18.8. The highest BCUT2D eigenvalue weighted by molar-refractivity contribution is 6.74. The zero-order chi connectivity index (χ0) is 20.2. The van der Waals surface area contributed by atoms with Crippen molar-refractivity contribution in [3.05, 3.63) is 30.1 Å². The smallest absolute Gasteiger partial charge is 0.192 e. The van der Waals surface area contributed by atoms with Gasteiger partial charge in [-0.2, -0.15) is 0 Å². The van der Waals surface area contributed by atoms with Crippen LogP contribution in [0.15, 0.2) is 24.3 Å². The lowest BCUT2D eigenvalue weighted by atomic mass is 9.86. The standard InChI is InChI=1S/C21H38FNO2Si/c1-20(2,3)19(24)14-13-18(15-25-26(7,8)21(4,5)6)23-17-11-9-16(22)10-12-17/h9-12,18-19,23-24H,13-15H2,1-8H3/t18-,19?/m0/s1. The normalized spacial score (nSPS) is 15.6. The van der Waals surface area contributed by atoms with Gasteiger partial charge in [0.05, 0.1) is 12.7 Å². The molecule has 1 aromatic rings. The van der Waals surface area contributed by atoms with Crippen LogP contribution in [0.3, 0.4) is 0 Å². The minimum absolute atomic E-state index is 0.0755. The third-order valence-corrected chi connectivity index (χ3v) is 9.96. The van der Waals surface area contributed by atoms with Crippen LogP contribution in [0, 0.1) is 11.2 Å². The fraction of sp³-hybridized carbons (Fsp3) is 0.714. The molecule has 0 saturated carbocycles. The molecule has 2 N–H and O–H groups in total. The lowest BCUT2D eigenvalue weighted by Gasteiger charge is -2.37. The van der Waals surface area contributed by atoms with E-state index in [2.05, 4.69) is 39.2 Å². The van der Waals surface area contributed by atoms with Crippen molar-refractivity contribution in [3.63, 3.8) is 0 Å². The van der Waals surface area contributed by atoms with Crippen molar-refractivity contribution >= 4 is 14.0 Å². The minimum atomic E-state index is -1.85. The van der Waals surface area contributed by atoms with Crippen LogP contribution in [0.1, 0.15) is 54.4 Å². The van der Waals surface area contributed by atoms with Gasteiger partial charge in [0.25, 0.3) is 0 Å². The molecule has 0 amide bonds. The van der Waals surface area contributed by atoms with Gasteiger partial charge in [-0.05, 0) is 60.7 Å². The van der Waals surface area contributed by atoms with Gasteiger partial charge in [0.2, 0.25) is 0 Å². The quantitative estimate of drug-likeness (QED) is 0.556. The number of hydrogen-bond acceptors (Lipinski definition) is 3. The van der Waals surface area contributed by atoms with Crippen molar-refractivity contribution in [1.82, 2.24) is 0 Å². The first-order valence-electron chi connectivity index (χ1n) is 9.56. The van der Waals surface area contributed by atoms with E-state index in [4.69, 9.17) is 4.43 Å². The Bertz CT molecular complexity index is 547. The molecule has 0 aliphatic carbocycles. The third kappa shape index (κ3) is 7.37. The number of aliphatic hydroxyl groups excluding tert-OH is 1. The Kier molecular flexibility index (Phi) is 7.87. The van der Waals surface area contributed by atoms with E-state index in [1.54, 1.807) is 12.1 Å². The van der Waals surface area contributed by atoms with Gasteiger partial charge >= 0.3 is 0 Å². The number of halogens is 1. The highest BCUT2D eigenvalue weighted by atomic mass is 28.4. The average Bonchev–Trinajstić information content (AvgIpc) is 2.49. The van der Waals surface area contributed by atoms with Crippen LogP contribution in [0.2, 0.25) is 18.1 Å². The van der Waals surface area contributed by atoms with Crippen molar-refractivity contribution in [2.75, 3.05) is 11.9 Å². The molecule has 0 fully saturated rings. The van der Waals surface area contributed by atoms with Crippen LogP contribution in [-0.2, 0) is 4.43 Å². The Hall–Kier alpha value is -0.913. The number of aliphatic hydroxyl groups is 1. The molecular formula is C21H38FNO2Si. The summed E-state index contributed by atoms with van der Waals surface area (Å²) < 4.78 is 19.6. The summed E-state index contributed by atoms with van der Waals surface area (Å²) in [6, 6.07) is 6.48. The van der Waals surface area contributed by atoms with E-state index >= 15 is 0 Å². The maximum atomic E-state index is 13.2. The highest BCUT2D eigenvalue weighted by Gasteiger charge is 2.37. The Morgan fingerprint density at radius 3 is 2.04 bits per heavy atom. The molecule has 26 heavy (non-hydrogen) atoms.